The third-order valence-corrected chi connectivity index (χ3v) is 2.67. The second kappa shape index (κ2) is 7.41. The summed E-state index contributed by atoms with van der Waals surface area (Å²) < 4.78 is 10.8. The van der Waals surface area contributed by atoms with Gasteiger partial charge in [-0.2, -0.15) is 0 Å². The van der Waals surface area contributed by atoms with Crippen molar-refractivity contribution in [2.24, 2.45) is 5.73 Å². The summed E-state index contributed by atoms with van der Waals surface area (Å²) >= 11 is 0. The first-order valence-corrected chi connectivity index (χ1v) is 5.58. The Kier molecular flexibility index (Phi) is 7.00. The topological polar surface area (TPSA) is 44.5 Å². The highest BCUT2D eigenvalue weighted by Crippen LogP contribution is 2.33. The molecule has 98 valence electrons. The number of methoxy groups -OCH3 is 2. The molecule has 0 aliphatic rings. The van der Waals surface area contributed by atoms with Gasteiger partial charge in [0.1, 0.15) is 11.5 Å². The van der Waals surface area contributed by atoms with Gasteiger partial charge in [0, 0.05) is 5.56 Å². The van der Waals surface area contributed by atoms with E-state index in [4.69, 9.17) is 15.2 Å². The van der Waals surface area contributed by atoms with E-state index < -0.39 is 0 Å². The Balaban J connectivity index is 0.00000256. The van der Waals surface area contributed by atoms with Gasteiger partial charge in [0.2, 0.25) is 0 Å². The van der Waals surface area contributed by atoms with Crippen LogP contribution >= 0.6 is 12.4 Å². The molecule has 0 aromatic heterocycles. The first-order valence-electron chi connectivity index (χ1n) is 5.58. The van der Waals surface area contributed by atoms with Crippen molar-refractivity contribution in [2.45, 2.75) is 26.2 Å². The van der Waals surface area contributed by atoms with Crippen molar-refractivity contribution in [2.75, 3.05) is 20.8 Å². The normalized spacial score (nSPS) is 10.0. The van der Waals surface area contributed by atoms with Gasteiger partial charge in [-0.25, -0.2) is 0 Å². The molecule has 1 aromatic rings. The van der Waals surface area contributed by atoms with E-state index in [9.17, 15) is 0 Å². The molecule has 0 unspecified atom stereocenters. The van der Waals surface area contributed by atoms with Crippen molar-refractivity contribution in [3.8, 4) is 11.5 Å². The van der Waals surface area contributed by atoms with Crippen molar-refractivity contribution < 1.29 is 9.47 Å². The fourth-order valence-corrected chi connectivity index (χ4v) is 1.79. The zero-order chi connectivity index (χ0) is 12.1. The lowest BCUT2D eigenvalue weighted by Gasteiger charge is -2.16. The third kappa shape index (κ3) is 3.79. The minimum Gasteiger partial charge on any atom is -0.496 e. The number of hydrogen-bond donors (Lipinski definition) is 1. The minimum absolute atomic E-state index is 0. The summed E-state index contributed by atoms with van der Waals surface area (Å²) in [5, 5.41) is 0. The number of benzene rings is 1. The van der Waals surface area contributed by atoms with Gasteiger partial charge in [0.05, 0.1) is 14.2 Å². The summed E-state index contributed by atoms with van der Waals surface area (Å²) in [7, 11) is 3.38. The zero-order valence-corrected chi connectivity index (χ0v) is 11.8. The second-order valence-corrected chi connectivity index (χ2v) is 4.10. The molecule has 2 N–H and O–H groups in total. The highest BCUT2D eigenvalue weighted by atomic mass is 35.5. The van der Waals surface area contributed by atoms with Crippen molar-refractivity contribution >= 4 is 12.4 Å². The van der Waals surface area contributed by atoms with Crippen LogP contribution in [0.3, 0.4) is 0 Å². The fourth-order valence-electron chi connectivity index (χ4n) is 1.79. The second-order valence-electron chi connectivity index (χ2n) is 4.10. The predicted molar refractivity (Wildman–Crippen MR) is 73.6 cm³/mol. The van der Waals surface area contributed by atoms with E-state index >= 15 is 0 Å². The summed E-state index contributed by atoms with van der Waals surface area (Å²) in [5.74, 6) is 2.23. The van der Waals surface area contributed by atoms with Crippen molar-refractivity contribution in [1.82, 2.24) is 0 Å². The fraction of sp³-hybridized carbons (Fsp3) is 0.538. The summed E-state index contributed by atoms with van der Waals surface area (Å²) in [4.78, 5) is 0. The minimum atomic E-state index is 0. The molecule has 3 nitrogen and oxygen atoms in total. The molecule has 0 saturated heterocycles. The number of nitrogens with two attached hydrogens (primary N) is 1. The van der Waals surface area contributed by atoms with Crippen LogP contribution in [-0.2, 0) is 6.42 Å². The largest absolute Gasteiger partial charge is 0.496 e. The lowest BCUT2D eigenvalue weighted by atomic mass is 9.98. The molecule has 17 heavy (non-hydrogen) atoms. The first kappa shape index (κ1) is 16.1. The SMILES string of the molecule is COc1cc(C(C)C)c(OC)cc1CCN.Cl. The third-order valence-electron chi connectivity index (χ3n) is 2.67. The molecular formula is C13H22ClNO2. The summed E-state index contributed by atoms with van der Waals surface area (Å²) in [6, 6.07) is 4.08. The molecule has 0 heterocycles. The Bertz CT molecular complexity index is 354. The van der Waals surface area contributed by atoms with Gasteiger partial charge in [0.15, 0.2) is 0 Å². The number of hydrogen-bond acceptors (Lipinski definition) is 3. The molecule has 0 atom stereocenters. The molecule has 0 spiro atoms. The number of ether oxygens (including phenoxy) is 2. The van der Waals surface area contributed by atoms with Gasteiger partial charge in [-0.1, -0.05) is 13.8 Å². The number of halogens is 1. The quantitative estimate of drug-likeness (QED) is 0.884. The van der Waals surface area contributed by atoms with Crippen molar-refractivity contribution in [1.29, 1.82) is 0 Å². The van der Waals surface area contributed by atoms with Crippen LogP contribution in [0.4, 0.5) is 0 Å². The van der Waals surface area contributed by atoms with Crippen LogP contribution in [0.1, 0.15) is 30.9 Å². The average Bonchev–Trinajstić information content (AvgIpc) is 2.28. The lowest BCUT2D eigenvalue weighted by Crippen LogP contribution is -2.06. The van der Waals surface area contributed by atoms with Gasteiger partial charge < -0.3 is 15.2 Å². The van der Waals surface area contributed by atoms with Gasteiger partial charge in [-0.15, -0.1) is 12.4 Å². The van der Waals surface area contributed by atoms with E-state index in [-0.39, 0.29) is 12.4 Å². The summed E-state index contributed by atoms with van der Waals surface area (Å²) in [6.45, 7) is 4.89. The smallest absolute Gasteiger partial charge is 0.122 e. The molecule has 0 saturated carbocycles. The Morgan fingerprint density at radius 3 is 2.12 bits per heavy atom. The van der Waals surface area contributed by atoms with E-state index in [0.29, 0.717) is 12.5 Å². The van der Waals surface area contributed by atoms with Crippen LogP contribution in [-0.4, -0.2) is 20.8 Å². The molecule has 1 rings (SSSR count). The predicted octanol–water partition coefficient (Wildman–Crippen LogP) is 2.75. The maximum absolute atomic E-state index is 5.58. The van der Waals surface area contributed by atoms with Gasteiger partial charge >= 0.3 is 0 Å². The van der Waals surface area contributed by atoms with Crippen LogP contribution in [0.2, 0.25) is 0 Å². The monoisotopic (exact) mass is 259 g/mol. The number of rotatable bonds is 5. The maximum Gasteiger partial charge on any atom is 0.122 e. The Morgan fingerprint density at radius 1 is 1.12 bits per heavy atom. The first-order chi connectivity index (χ1) is 7.63. The molecule has 0 radical (unpaired) electrons. The Hall–Kier alpha value is -0.930. The molecule has 4 heteroatoms. The van der Waals surface area contributed by atoms with E-state index in [1.54, 1.807) is 14.2 Å². The Morgan fingerprint density at radius 2 is 1.71 bits per heavy atom. The van der Waals surface area contributed by atoms with E-state index in [2.05, 4.69) is 19.9 Å². The van der Waals surface area contributed by atoms with E-state index in [1.807, 2.05) is 6.07 Å². The molecule has 0 aliphatic heterocycles. The summed E-state index contributed by atoms with van der Waals surface area (Å²) in [5.41, 5.74) is 7.85. The highest BCUT2D eigenvalue weighted by molar-refractivity contribution is 5.85. The van der Waals surface area contributed by atoms with E-state index in [0.717, 1.165) is 23.5 Å². The zero-order valence-electron chi connectivity index (χ0n) is 10.9. The van der Waals surface area contributed by atoms with Crippen LogP contribution in [0, 0.1) is 0 Å². The standard InChI is InChI=1S/C13H21NO2.ClH/c1-9(2)11-8-12(15-3)10(5-6-14)7-13(11)16-4;/h7-9H,5-6,14H2,1-4H3;1H. The maximum atomic E-state index is 5.58. The van der Waals surface area contributed by atoms with Crippen molar-refractivity contribution in [3.05, 3.63) is 23.3 Å². The molecule has 0 fully saturated rings. The highest BCUT2D eigenvalue weighted by Gasteiger charge is 2.12. The lowest BCUT2D eigenvalue weighted by molar-refractivity contribution is 0.393. The average molecular weight is 260 g/mol. The summed E-state index contributed by atoms with van der Waals surface area (Å²) in [6.07, 6.45) is 0.803. The van der Waals surface area contributed by atoms with Gasteiger partial charge in [-0.05, 0) is 36.6 Å². The molecular weight excluding hydrogens is 238 g/mol. The van der Waals surface area contributed by atoms with Crippen LogP contribution in [0.15, 0.2) is 12.1 Å². The van der Waals surface area contributed by atoms with Gasteiger partial charge in [-0.3, -0.25) is 0 Å². The molecule has 0 aliphatic carbocycles. The molecule has 0 bridgehead atoms. The van der Waals surface area contributed by atoms with Gasteiger partial charge in [0.25, 0.3) is 0 Å². The molecule has 1 aromatic carbocycles. The van der Waals surface area contributed by atoms with Crippen LogP contribution in [0.5, 0.6) is 11.5 Å². The van der Waals surface area contributed by atoms with Crippen LogP contribution in [0.25, 0.3) is 0 Å². The van der Waals surface area contributed by atoms with E-state index in [1.165, 1.54) is 5.56 Å². The van der Waals surface area contributed by atoms with Crippen molar-refractivity contribution in [3.63, 3.8) is 0 Å². The molecule has 0 amide bonds. The Labute approximate surface area is 110 Å². The van der Waals surface area contributed by atoms with Crippen LogP contribution < -0.4 is 15.2 Å².